The molecule has 1 aromatic rings. The monoisotopic (exact) mass is 298 g/mol. The van der Waals surface area contributed by atoms with Crippen molar-refractivity contribution in [1.29, 1.82) is 0 Å². The van der Waals surface area contributed by atoms with Crippen molar-refractivity contribution in [2.45, 2.75) is 31.2 Å². The Balaban J connectivity index is 1.88. The number of amides is 1. The molecule has 0 radical (unpaired) electrons. The Hall–Kier alpha value is -1.08. The molecular weight excluding hydrogens is 284 g/mol. The third-order valence-corrected chi connectivity index (χ3v) is 5.65. The number of hydrogen-bond donors (Lipinski definition) is 1. The second-order valence-electron chi connectivity index (χ2n) is 4.88. The lowest BCUT2D eigenvalue weighted by atomic mass is 10.2. The van der Waals surface area contributed by atoms with Gasteiger partial charge in [0.15, 0.2) is 0 Å². The van der Waals surface area contributed by atoms with Crippen LogP contribution in [0.3, 0.4) is 0 Å². The van der Waals surface area contributed by atoms with Gasteiger partial charge in [0.25, 0.3) is 5.91 Å². The first-order chi connectivity index (χ1) is 9.08. The summed E-state index contributed by atoms with van der Waals surface area (Å²) < 4.78 is 0. The number of nitrogens with zero attached hydrogens (tertiary/aromatic N) is 2. The van der Waals surface area contributed by atoms with Crippen LogP contribution in [0.5, 0.6) is 0 Å². The maximum atomic E-state index is 12.5. The van der Waals surface area contributed by atoms with Gasteiger partial charge in [-0.1, -0.05) is 0 Å². The highest BCUT2D eigenvalue weighted by molar-refractivity contribution is 8.00. The average Bonchev–Trinajstić information content (AvgIpc) is 2.96. The van der Waals surface area contributed by atoms with Crippen molar-refractivity contribution in [3.63, 3.8) is 0 Å². The van der Waals surface area contributed by atoms with E-state index in [9.17, 15) is 14.7 Å². The summed E-state index contributed by atoms with van der Waals surface area (Å²) in [6.45, 7) is 1.84. The molecule has 1 saturated carbocycles. The summed E-state index contributed by atoms with van der Waals surface area (Å²) in [4.78, 5) is 29.6. The van der Waals surface area contributed by atoms with Crippen molar-refractivity contribution in [3.05, 3.63) is 16.1 Å². The van der Waals surface area contributed by atoms with Crippen LogP contribution < -0.4 is 0 Å². The van der Waals surface area contributed by atoms with Gasteiger partial charge in [-0.15, -0.1) is 23.1 Å². The van der Waals surface area contributed by atoms with Crippen molar-refractivity contribution < 1.29 is 14.7 Å². The fraction of sp³-hybridized carbons (Fsp3) is 0.583. The molecule has 0 bridgehead atoms. The van der Waals surface area contributed by atoms with Crippen molar-refractivity contribution in [2.75, 3.05) is 5.75 Å². The van der Waals surface area contributed by atoms with E-state index in [4.69, 9.17) is 0 Å². The molecular formula is C12H14N2O3S2. The Labute approximate surface area is 119 Å². The number of aliphatic carboxylic acids is 1. The molecule has 102 valence electrons. The van der Waals surface area contributed by atoms with Crippen LogP contribution in [0.4, 0.5) is 0 Å². The third kappa shape index (κ3) is 2.36. The van der Waals surface area contributed by atoms with Gasteiger partial charge in [0.05, 0.1) is 10.4 Å². The largest absolute Gasteiger partial charge is 0.480 e. The number of aryl methyl sites for hydroxylation is 1. The summed E-state index contributed by atoms with van der Waals surface area (Å²) in [5.74, 6) is -0.224. The van der Waals surface area contributed by atoms with Crippen LogP contribution in [-0.2, 0) is 4.79 Å². The number of aromatic nitrogens is 1. The zero-order valence-electron chi connectivity index (χ0n) is 10.4. The second-order valence-corrected chi connectivity index (χ2v) is 7.09. The van der Waals surface area contributed by atoms with E-state index in [0.29, 0.717) is 17.4 Å². The smallest absolute Gasteiger partial charge is 0.327 e. The summed E-state index contributed by atoms with van der Waals surface area (Å²) in [5, 5.41) is 11.8. The molecule has 3 rings (SSSR count). The van der Waals surface area contributed by atoms with E-state index in [1.165, 1.54) is 11.3 Å². The maximum Gasteiger partial charge on any atom is 0.327 e. The molecule has 0 spiro atoms. The van der Waals surface area contributed by atoms with Crippen LogP contribution in [0.2, 0.25) is 0 Å². The number of carbonyl (C=O) groups excluding carboxylic acids is 1. The Kier molecular flexibility index (Phi) is 3.26. The molecule has 19 heavy (non-hydrogen) atoms. The van der Waals surface area contributed by atoms with E-state index in [0.717, 1.165) is 17.8 Å². The molecule has 2 unspecified atom stereocenters. The summed E-state index contributed by atoms with van der Waals surface area (Å²) in [6.07, 6.45) is 2.17. The van der Waals surface area contributed by atoms with Gasteiger partial charge in [-0.3, -0.25) is 4.79 Å². The van der Waals surface area contributed by atoms with E-state index in [2.05, 4.69) is 4.98 Å². The number of rotatable bonds is 3. The van der Waals surface area contributed by atoms with Crippen molar-refractivity contribution in [1.82, 2.24) is 9.88 Å². The number of carboxylic acids is 1. The number of thiazole rings is 1. The van der Waals surface area contributed by atoms with Gasteiger partial charge >= 0.3 is 5.97 Å². The number of hydrogen-bond acceptors (Lipinski definition) is 5. The quantitative estimate of drug-likeness (QED) is 0.922. The van der Waals surface area contributed by atoms with Crippen LogP contribution in [0, 0.1) is 12.8 Å². The van der Waals surface area contributed by atoms with Crippen molar-refractivity contribution in [3.8, 4) is 0 Å². The van der Waals surface area contributed by atoms with Crippen LogP contribution in [0.1, 0.15) is 28.3 Å². The minimum Gasteiger partial charge on any atom is -0.480 e. The summed E-state index contributed by atoms with van der Waals surface area (Å²) >= 11 is 3.00. The topological polar surface area (TPSA) is 70.5 Å². The van der Waals surface area contributed by atoms with E-state index in [1.54, 1.807) is 22.0 Å². The first kappa shape index (κ1) is 12.9. The SMILES string of the molecule is Cc1nc(C(=O)N2C(C(=O)O)CSC2C2CC2)cs1. The minimum atomic E-state index is -0.920. The molecule has 1 aliphatic heterocycles. The molecule has 2 aliphatic rings. The van der Waals surface area contributed by atoms with Crippen molar-refractivity contribution >= 4 is 35.0 Å². The fourth-order valence-corrected chi connectivity index (χ4v) is 4.53. The number of carbonyl (C=O) groups is 2. The lowest BCUT2D eigenvalue weighted by Crippen LogP contribution is -2.46. The van der Waals surface area contributed by atoms with E-state index < -0.39 is 12.0 Å². The van der Waals surface area contributed by atoms with Gasteiger partial charge in [0.1, 0.15) is 11.7 Å². The highest BCUT2D eigenvalue weighted by Crippen LogP contribution is 2.45. The van der Waals surface area contributed by atoms with Gasteiger partial charge in [-0.25, -0.2) is 9.78 Å². The zero-order chi connectivity index (χ0) is 13.6. The second kappa shape index (κ2) is 4.79. The van der Waals surface area contributed by atoms with Gasteiger partial charge in [0, 0.05) is 11.1 Å². The molecule has 0 aromatic carbocycles. The Morgan fingerprint density at radius 1 is 1.47 bits per heavy atom. The predicted octanol–water partition coefficient (Wildman–Crippen LogP) is 1.83. The summed E-state index contributed by atoms with van der Waals surface area (Å²) in [7, 11) is 0. The minimum absolute atomic E-state index is 0.00982. The van der Waals surface area contributed by atoms with E-state index in [1.807, 2.05) is 6.92 Å². The highest BCUT2D eigenvalue weighted by atomic mass is 32.2. The maximum absolute atomic E-state index is 12.5. The van der Waals surface area contributed by atoms with Crippen molar-refractivity contribution in [2.24, 2.45) is 5.92 Å². The Morgan fingerprint density at radius 2 is 2.21 bits per heavy atom. The van der Waals surface area contributed by atoms with Crippen LogP contribution in [-0.4, -0.2) is 44.0 Å². The molecule has 1 N–H and O–H groups in total. The lowest BCUT2D eigenvalue weighted by Gasteiger charge is -2.26. The molecule has 2 atom stereocenters. The third-order valence-electron chi connectivity index (χ3n) is 3.42. The molecule has 2 fully saturated rings. The summed E-state index contributed by atoms with van der Waals surface area (Å²) in [6, 6.07) is -0.717. The Bertz CT molecular complexity index is 527. The average molecular weight is 298 g/mol. The molecule has 1 amide bonds. The van der Waals surface area contributed by atoms with Gasteiger partial charge < -0.3 is 10.0 Å². The van der Waals surface area contributed by atoms with E-state index >= 15 is 0 Å². The normalized spacial score (nSPS) is 26.7. The summed E-state index contributed by atoms with van der Waals surface area (Å²) in [5.41, 5.74) is 0.377. The standard InChI is InChI=1S/C12H14N2O3S2/c1-6-13-8(4-18-6)10(15)14-9(12(16)17)5-19-11(14)7-2-3-7/h4,7,9,11H,2-3,5H2,1H3,(H,16,17). The van der Waals surface area contributed by atoms with E-state index in [-0.39, 0.29) is 11.3 Å². The first-order valence-corrected chi connectivity index (χ1v) is 8.10. The predicted molar refractivity (Wildman–Crippen MR) is 73.4 cm³/mol. The first-order valence-electron chi connectivity index (χ1n) is 6.17. The van der Waals surface area contributed by atoms with Gasteiger partial charge in [-0.2, -0.15) is 0 Å². The van der Waals surface area contributed by atoms with Crippen LogP contribution >= 0.6 is 23.1 Å². The van der Waals surface area contributed by atoms with Gasteiger partial charge in [-0.05, 0) is 25.7 Å². The number of carboxylic acid groups (broad SMARTS) is 1. The molecule has 1 aliphatic carbocycles. The highest BCUT2D eigenvalue weighted by Gasteiger charge is 2.48. The van der Waals surface area contributed by atoms with Crippen LogP contribution in [0.25, 0.3) is 0 Å². The Morgan fingerprint density at radius 3 is 2.74 bits per heavy atom. The lowest BCUT2D eigenvalue weighted by molar-refractivity contribution is -0.141. The molecule has 2 heterocycles. The molecule has 7 heteroatoms. The van der Waals surface area contributed by atoms with Gasteiger partial charge in [0.2, 0.25) is 0 Å². The zero-order valence-corrected chi connectivity index (χ0v) is 12.0. The fourth-order valence-electron chi connectivity index (χ4n) is 2.31. The molecule has 5 nitrogen and oxygen atoms in total. The number of thioether (sulfide) groups is 1. The molecule has 1 saturated heterocycles. The van der Waals surface area contributed by atoms with Crippen LogP contribution in [0.15, 0.2) is 5.38 Å². The molecule has 1 aromatic heterocycles.